The van der Waals surface area contributed by atoms with E-state index in [-0.39, 0.29) is 6.04 Å². The summed E-state index contributed by atoms with van der Waals surface area (Å²) in [4.78, 5) is 14.0. The second-order valence-corrected chi connectivity index (χ2v) is 6.45. The van der Waals surface area contributed by atoms with Gasteiger partial charge in [0.05, 0.1) is 0 Å². The molecule has 0 fully saturated rings. The summed E-state index contributed by atoms with van der Waals surface area (Å²) in [5, 5.41) is 0. The molecular formula is C20H14BrNO. The van der Waals surface area contributed by atoms with E-state index in [0.29, 0.717) is 0 Å². The Morgan fingerprint density at radius 1 is 0.826 bits per heavy atom. The van der Waals surface area contributed by atoms with Crippen LogP contribution in [0.15, 0.2) is 77.3 Å². The molecule has 3 aromatic rings. The first-order valence-corrected chi connectivity index (χ1v) is 8.27. The molecule has 0 amide bonds. The first-order valence-electron chi connectivity index (χ1n) is 7.48. The molecule has 0 bridgehead atoms. The molecule has 0 saturated carbocycles. The highest BCUT2D eigenvalue weighted by molar-refractivity contribution is 9.10. The van der Waals surface area contributed by atoms with Gasteiger partial charge in [-0.05, 0) is 41.5 Å². The van der Waals surface area contributed by atoms with E-state index in [1.54, 1.807) is 0 Å². The van der Waals surface area contributed by atoms with Crippen LogP contribution in [0.25, 0.3) is 11.1 Å². The van der Waals surface area contributed by atoms with Crippen molar-refractivity contribution in [3.63, 3.8) is 0 Å². The van der Waals surface area contributed by atoms with E-state index in [2.05, 4.69) is 39.0 Å². The van der Waals surface area contributed by atoms with Crippen molar-refractivity contribution in [2.75, 3.05) is 4.90 Å². The summed E-state index contributed by atoms with van der Waals surface area (Å²) in [6.45, 7) is 0. The van der Waals surface area contributed by atoms with E-state index in [9.17, 15) is 4.79 Å². The van der Waals surface area contributed by atoms with Gasteiger partial charge in [-0.3, -0.25) is 0 Å². The minimum absolute atomic E-state index is 0.317. The number of hydrogen-bond acceptors (Lipinski definition) is 2. The lowest BCUT2D eigenvalue weighted by Crippen LogP contribution is -2.28. The Kier molecular flexibility index (Phi) is 3.50. The van der Waals surface area contributed by atoms with Gasteiger partial charge < -0.3 is 9.69 Å². The number of anilines is 2. The van der Waals surface area contributed by atoms with Crippen molar-refractivity contribution < 1.29 is 4.79 Å². The van der Waals surface area contributed by atoms with Crippen molar-refractivity contribution >= 4 is 33.6 Å². The molecule has 3 aromatic carbocycles. The largest absolute Gasteiger partial charge is 0.327 e. The van der Waals surface area contributed by atoms with Crippen LogP contribution in [-0.2, 0) is 4.79 Å². The number of aldehydes is 1. The molecule has 1 unspecified atom stereocenters. The fourth-order valence-electron chi connectivity index (χ4n) is 3.24. The maximum Gasteiger partial charge on any atom is 0.147 e. The Morgan fingerprint density at radius 3 is 2.22 bits per heavy atom. The first kappa shape index (κ1) is 14.2. The average Bonchev–Trinajstić information content (AvgIpc) is 2.61. The van der Waals surface area contributed by atoms with Crippen molar-refractivity contribution in [2.24, 2.45) is 0 Å². The third-order valence-electron chi connectivity index (χ3n) is 4.25. The van der Waals surface area contributed by atoms with Crippen molar-refractivity contribution in [1.82, 2.24) is 0 Å². The molecule has 3 heteroatoms. The Hall–Kier alpha value is -2.39. The van der Waals surface area contributed by atoms with Crippen LogP contribution in [0.4, 0.5) is 11.4 Å². The van der Waals surface area contributed by atoms with Crippen LogP contribution >= 0.6 is 15.9 Å². The van der Waals surface area contributed by atoms with Crippen LogP contribution in [-0.4, -0.2) is 6.29 Å². The summed E-state index contributed by atoms with van der Waals surface area (Å²) < 4.78 is 1.02. The van der Waals surface area contributed by atoms with Crippen LogP contribution in [0.5, 0.6) is 0 Å². The topological polar surface area (TPSA) is 20.3 Å². The summed E-state index contributed by atoms with van der Waals surface area (Å²) in [7, 11) is 0. The highest BCUT2D eigenvalue weighted by Crippen LogP contribution is 2.47. The lowest BCUT2D eigenvalue weighted by molar-refractivity contribution is -0.108. The minimum atomic E-state index is -0.317. The van der Waals surface area contributed by atoms with Crippen molar-refractivity contribution in [1.29, 1.82) is 0 Å². The molecule has 0 radical (unpaired) electrons. The van der Waals surface area contributed by atoms with Gasteiger partial charge in [0.2, 0.25) is 0 Å². The predicted molar refractivity (Wildman–Crippen MR) is 97.0 cm³/mol. The van der Waals surface area contributed by atoms with Gasteiger partial charge in [0.15, 0.2) is 0 Å². The predicted octanol–water partition coefficient (Wildman–Crippen LogP) is 5.51. The van der Waals surface area contributed by atoms with Gasteiger partial charge in [0.25, 0.3) is 0 Å². The molecule has 4 rings (SSSR count). The van der Waals surface area contributed by atoms with Crippen LogP contribution in [0.3, 0.4) is 0 Å². The molecule has 0 aliphatic carbocycles. The molecular weight excluding hydrogens is 350 g/mol. The highest BCUT2D eigenvalue weighted by atomic mass is 79.9. The Bertz CT molecular complexity index is 873. The fraction of sp³-hybridized carbons (Fsp3) is 0.0500. The van der Waals surface area contributed by atoms with E-state index in [4.69, 9.17) is 0 Å². The number of fused-ring (bicyclic) bond motifs is 3. The van der Waals surface area contributed by atoms with Gasteiger partial charge in [-0.2, -0.15) is 0 Å². The summed E-state index contributed by atoms with van der Waals surface area (Å²) >= 11 is 3.47. The number of carbonyl (C=O) groups excluding carboxylic acids is 1. The quantitative estimate of drug-likeness (QED) is 0.559. The molecule has 1 atom stereocenters. The van der Waals surface area contributed by atoms with Crippen LogP contribution < -0.4 is 4.90 Å². The Labute approximate surface area is 143 Å². The van der Waals surface area contributed by atoms with Gasteiger partial charge in [0.1, 0.15) is 12.3 Å². The zero-order valence-corrected chi connectivity index (χ0v) is 13.9. The van der Waals surface area contributed by atoms with Gasteiger partial charge in [-0.25, -0.2) is 0 Å². The van der Waals surface area contributed by atoms with Crippen LogP contribution in [0.2, 0.25) is 0 Å². The summed E-state index contributed by atoms with van der Waals surface area (Å²) in [6.07, 6.45) is 1.02. The minimum Gasteiger partial charge on any atom is -0.327 e. The van der Waals surface area contributed by atoms with E-state index in [1.165, 1.54) is 0 Å². The monoisotopic (exact) mass is 363 g/mol. The molecule has 23 heavy (non-hydrogen) atoms. The maximum atomic E-state index is 11.9. The molecule has 2 nitrogen and oxygen atoms in total. The summed E-state index contributed by atoms with van der Waals surface area (Å²) in [5.41, 5.74) is 5.40. The number of hydrogen-bond donors (Lipinski definition) is 0. The van der Waals surface area contributed by atoms with Crippen molar-refractivity contribution in [2.45, 2.75) is 6.04 Å². The first-order chi connectivity index (χ1) is 11.3. The summed E-state index contributed by atoms with van der Waals surface area (Å²) in [5.74, 6) is 0. The van der Waals surface area contributed by atoms with E-state index >= 15 is 0 Å². The van der Waals surface area contributed by atoms with Gasteiger partial charge >= 0.3 is 0 Å². The molecule has 112 valence electrons. The van der Waals surface area contributed by atoms with Crippen molar-refractivity contribution in [3.05, 3.63) is 82.8 Å². The molecule has 1 aliphatic heterocycles. The molecule has 0 saturated heterocycles. The van der Waals surface area contributed by atoms with E-state index < -0.39 is 0 Å². The molecule has 0 aromatic heterocycles. The molecule has 1 heterocycles. The van der Waals surface area contributed by atoms with E-state index in [1.807, 2.05) is 54.6 Å². The zero-order chi connectivity index (χ0) is 15.8. The number of nitrogens with zero attached hydrogens (tertiary/aromatic N) is 1. The van der Waals surface area contributed by atoms with Gasteiger partial charge in [-0.1, -0.05) is 58.4 Å². The summed E-state index contributed by atoms with van der Waals surface area (Å²) in [6, 6.07) is 24.1. The molecule has 0 spiro atoms. The SMILES string of the molecule is O=CC1c2ccccc2-c2ccccc2N1c1ccc(Br)cc1. The number of para-hydroxylation sites is 1. The smallest absolute Gasteiger partial charge is 0.147 e. The third-order valence-corrected chi connectivity index (χ3v) is 4.77. The second kappa shape index (κ2) is 5.67. The molecule has 0 N–H and O–H groups in total. The van der Waals surface area contributed by atoms with Crippen molar-refractivity contribution in [3.8, 4) is 11.1 Å². The number of rotatable bonds is 2. The van der Waals surface area contributed by atoms with Gasteiger partial charge in [-0.15, -0.1) is 0 Å². The van der Waals surface area contributed by atoms with Crippen LogP contribution in [0, 0.1) is 0 Å². The molecule has 1 aliphatic rings. The average molecular weight is 364 g/mol. The standard InChI is InChI=1S/C20H14BrNO/c21-14-9-11-15(12-10-14)22-19-8-4-3-6-17(19)16-5-1-2-7-18(16)20(22)13-23/h1-13,20H. The second-order valence-electron chi connectivity index (χ2n) is 5.53. The number of carbonyl (C=O) groups is 1. The van der Waals surface area contributed by atoms with Gasteiger partial charge in [0, 0.05) is 21.4 Å². The maximum absolute atomic E-state index is 11.9. The normalized spacial score (nSPS) is 15.7. The van der Waals surface area contributed by atoms with E-state index in [0.717, 1.165) is 38.8 Å². The Morgan fingerprint density at radius 2 is 1.48 bits per heavy atom. The highest BCUT2D eigenvalue weighted by Gasteiger charge is 2.31. The van der Waals surface area contributed by atoms with Crippen LogP contribution in [0.1, 0.15) is 11.6 Å². The lowest BCUT2D eigenvalue weighted by atomic mass is 9.88. The Balaban J connectivity index is 1.99. The number of halogens is 1. The lowest BCUT2D eigenvalue weighted by Gasteiger charge is -2.37. The zero-order valence-electron chi connectivity index (χ0n) is 12.3. The fourth-order valence-corrected chi connectivity index (χ4v) is 3.50. The number of benzene rings is 3. The third kappa shape index (κ3) is 2.28.